The molecule has 5 rings (SSSR count). The van der Waals surface area contributed by atoms with E-state index < -0.39 is 39.5 Å². The van der Waals surface area contributed by atoms with E-state index in [0.29, 0.717) is 26.5 Å². The number of nitrogens with one attached hydrogen (secondary N) is 1. The van der Waals surface area contributed by atoms with Gasteiger partial charge < -0.3 is 23.8 Å². The second kappa shape index (κ2) is 14.1. The summed E-state index contributed by atoms with van der Waals surface area (Å²) < 4.78 is 40.9. The summed E-state index contributed by atoms with van der Waals surface area (Å²) in [5.74, 6) is -0.115. The first-order valence-corrected chi connectivity index (χ1v) is 16.5. The molecule has 1 N–H and O–H groups in total. The molecule has 0 spiro atoms. The molecule has 7 atom stereocenters. The van der Waals surface area contributed by atoms with Crippen LogP contribution in [0.25, 0.3) is 0 Å². The Bertz CT molecular complexity index is 1240. The highest BCUT2D eigenvalue weighted by molar-refractivity contribution is 8.14. The third-order valence-corrected chi connectivity index (χ3v) is 10.8. The first-order chi connectivity index (χ1) is 20.2. The van der Waals surface area contributed by atoms with Crippen molar-refractivity contribution >= 4 is 33.7 Å². The van der Waals surface area contributed by atoms with Crippen LogP contribution in [0.1, 0.15) is 44.7 Å². The fraction of sp³-hybridized carbons (Fsp3) is 0.548. The number of carbonyl (C=O) groups is 1. The number of hydrogen-bond acceptors (Lipinski definition) is 9. The Balaban J connectivity index is 1.32. The van der Waals surface area contributed by atoms with Gasteiger partial charge in [-0.25, -0.2) is 8.93 Å². The Morgan fingerprint density at radius 2 is 1.69 bits per heavy atom. The van der Waals surface area contributed by atoms with Gasteiger partial charge >= 0.3 is 0 Å². The van der Waals surface area contributed by atoms with E-state index in [2.05, 4.69) is 4.72 Å². The van der Waals surface area contributed by atoms with Gasteiger partial charge in [0.2, 0.25) is 0 Å². The number of benzene rings is 2. The Hall–Kier alpha value is -2.12. The van der Waals surface area contributed by atoms with Crippen molar-refractivity contribution in [2.45, 2.75) is 87.5 Å². The van der Waals surface area contributed by atoms with Crippen molar-refractivity contribution in [1.29, 1.82) is 0 Å². The summed E-state index contributed by atoms with van der Waals surface area (Å²) in [6, 6.07) is 19.4. The number of carbonyl (C=O) groups excluding carboxylic acids is 1. The van der Waals surface area contributed by atoms with Crippen LogP contribution in [-0.2, 0) is 47.9 Å². The first-order valence-electron chi connectivity index (χ1n) is 14.4. The molecule has 2 aromatic carbocycles. The maximum Gasteiger partial charge on any atom is 0.163 e. The molecule has 11 heteroatoms. The maximum absolute atomic E-state index is 13.2. The van der Waals surface area contributed by atoms with E-state index in [9.17, 15) is 9.00 Å². The Labute approximate surface area is 255 Å². The fourth-order valence-corrected chi connectivity index (χ4v) is 7.67. The molecule has 2 saturated heterocycles. The van der Waals surface area contributed by atoms with Gasteiger partial charge in [-0.1, -0.05) is 72.4 Å². The van der Waals surface area contributed by atoms with Crippen molar-refractivity contribution in [1.82, 2.24) is 9.62 Å². The van der Waals surface area contributed by atoms with Gasteiger partial charge in [0.05, 0.1) is 30.7 Å². The molecule has 0 amide bonds. The lowest BCUT2D eigenvalue weighted by Gasteiger charge is -2.41. The van der Waals surface area contributed by atoms with Crippen molar-refractivity contribution in [3.8, 4) is 0 Å². The highest BCUT2D eigenvalue weighted by Crippen LogP contribution is 2.40. The number of thioether (sulfide) groups is 1. The van der Waals surface area contributed by atoms with E-state index in [1.807, 2.05) is 86.5 Å². The molecule has 3 aliphatic heterocycles. The fourth-order valence-electron chi connectivity index (χ4n) is 5.40. The average molecular weight is 616 g/mol. The van der Waals surface area contributed by atoms with Crippen molar-refractivity contribution in [2.75, 3.05) is 20.3 Å². The molecule has 0 aliphatic carbocycles. The van der Waals surface area contributed by atoms with Crippen LogP contribution in [0.5, 0.6) is 0 Å². The van der Waals surface area contributed by atoms with Crippen molar-refractivity contribution in [3.05, 3.63) is 71.8 Å². The molecular weight excluding hydrogens is 574 g/mol. The minimum absolute atomic E-state index is 0.0375. The molecule has 2 unspecified atom stereocenters. The monoisotopic (exact) mass is 615 g/mol. The maximum atomic E-state index is 13.2. The third-order valence-electron chi connectivity index (χ3n) is 7.91. The molecule has 0 saturated carbocycles. The highest BCUT2D eigenvalue weighted by atomic mass is 32.2. The number of hydrogen-bond donors (Lipinski definition) is 1. The number of ether oxygens (including phenoxy) is 4. The van der Waals surface area contributed by atoms with Gasteiger partial charge in [-0.3, -0.25) is 9.79 Å². The molecular formula is C31H41N3O6S2. The highest BCUT2D eigenvalue weighted by Gasteiger charge is 2.52. The van der Waals surface area contributed by atoms with Crippen LogP contribution in [0.3, 0.4) is 0 Å². The summed E-state index contributed by atoms with van der Waals surface area (Å²) >= 11 is 1.45. The molecule has 42 heavy (non-hydrogen) atoms. The molecule has 3 heterocycles. The Morgan fingerprint density at radius 1 is 1.07 bits per heavy atom. The number of fused-ring (bicyclic) bond motifs is 1. The van der Waals surface area contributed by atoms with E-state index in [-0.39, 0.29) is 17.9 Å². The third kappa shape index (κ3) is 7.32. The van der Waals surface area contributed by atoms with E-state index in [4.69, 9.17) is 23.9 Å². The minimum atomic E-state index is -1.32. The summed E-state index contributed by atoms with van der Waals surface area (Å²) in [5.41, 5.74) is 1.61. The summed E-state index contributed by atoms with van der Waals surface area (Å²) in [6.07, 6.45) is -0.0774. The van der Waals surface area contributed by atoms with Gasteiger partial charge in [0.15, 0.2) is 11.0 Å². The van der Waals surface area contributed by atoms with Crippen LogP contribution < -0.4 is 4.72 Å². The van der Waals surface area contributed by atoms with E-state index in [0.717, 1.165) is 29.1 Å². The Morgan fingerprint density at radius 3 is 2.26 bits per heavy atom. The number of Topliss-reactive ketones (excluding diaryl/α,β-unsaturated/α-hetero) is 1. The SMILES string of the molecule is CC(=O)[C@H]1O[C@@H]2SC(N(C)CNS(=O)C(C)(C)C3CCCO3)=N[C@@H]2[C@@H](OCc2ccccc2)[C@@H]1OCc1ccccc1. The molecule has 0 aromatic heterocycles. The zero-order chi connectivity index (χ0) is 29.7. The standard InChI is InChI=1S/C31H41N3O6S2/c1-21(35)26-28(39-19-23-14-9-6-10-15-23)27(38-18-22-12-7-5-8-13-22)25-29(40-26)41-30(33-25)34(4)20-32-42(36)31(2,3)24-16-11-17-37-24/h5-10,12-15,24-29,32H,11,16-20H2,1-4H3/t24?,25-,26-,27-,28-,29-,42?/m1/s1. The lowest BCUT2D eigenvalue weighted by Crippen LogP contribution is -2.58. The number of aliphatic imine (C=N–C) groups is 1. The second-order valence-electron chi connectivity index (χ2n) is 11.5. The van der Waals surface area contributed by atoms with Crippen LogP contribution in [0.4, 0.5) is 0 Å². The van der Waals surface area contributed by atoms with Crippen LogP contribution in [0, 0.1) is 0 Å². The average Bonchev–Trinajstić information content (AvgIpc) is 3.69. The summed E-state index contributed by atoms with van der Waals surface area (Å²) in [7, 11) is 0.580. The van der Waals surface area contributed by atoms with Crippen LogP contribution in [-0.4, -0.2) is 81.0 Å². The van der Waals surface area contributed by atoms with Gasteiger partial charge in [0.25, 0.3) is 0 Å². The van der Waals surface area contributed by atoms with Crippen molar-refractivity contribution in [3.63, 3.8) is 0 Å². The normalized spacial score (nSPS) is 28.2. The molecule has 2 aromatic rings. The smallest absolute Gasteiger partial charge is 0.163 e. The number of amidine groups is 1. The summed E-state index contributed by atoms with van der Waals surface area (Å²) in [5, 5.41) is 0.726. The van der Waals surface area contributed by atoms with Crippen LogP contribution in [0.15, 0.2) is 65.7 Å². The number of ketones is 1. The number of rotatable bonds is 12. The first kappa shape index (κ1) is 31.3. The van der Waals surface area contributed by atoms with Gasteiger partial charge in [-0.15, -0.1) is 0 Å². The molecule has 9 nitrogen and oxygen atoms in total. The van der Waals surface area contributed by atoms with Crippen LogP contribution in [0.2, 0.25) is 0 Å². The lowest BCUT2D eigenvalue weighted by molar-refractivity contribution is -0.198. The molecule has 0 bridgehead atoms. The molecule has 2 fully saturated rings. The van der Waals surface area contributed by atoms with Crippen molar-refractivity contribution in [2.24, 2.45) is 4.99 Å². The Kier molecular flexibility index (Phi) is 10.5. The van der Waals surface area contributed by atoms with Gasteiger partial charge in [0.1, 0.15) is 40.8 Å². The van der Waals surface area contributed by atoms with Crippen LogP contribution >= 0.6 is 11.8 Å². The zero-order valence-corrected chi connectivity index (χ0v) is 26.3. The molecule has 0 radical (unpaired) electrons. The zero-order valence-electron chi connectivity index (χ0n) is 24.6. The minimum Gasteiger partial charge on any atom is -0.377 e. The largest absolute Gasteiger partial charge is 0.377 e. The van der Waals surface area contributed by atoms with E-state index in [1.165, 1.54) is 18.7 Å². The van der Waals surface area contributed by atoms with Gasteiger partial charge in [-0.2, -0.15) is 0 Å². The van der Waals surface area contributed by atoms with Gasteiger partial charge in [-0.05, 0) is 44.7 Å². The quantitative estimate of drug-likeness (QED) is 0.358. The second-order valence-corrected chi connectivity index (χ2v) is 14.4. The van der Waals surface area contributed by atoms with E-state index in [1.54, 1.807) is 0 Å². The summed E-state index contributed by atoms with van der Waals surface area (Å²) in [4.78, 5) is 19.8. The number of nitrogens with zero attached hydrogens (tertiary/aromatic N) is 2. The van der Waals surface area contributed by atoms with E-state index >= 15 is 0 Å². The molecule has 3 aliphatic rings. The lowest BCUT2D eigenvalue weighted by atomic mass is 9.95. The topological polar surface area (TPSA) is 98.7 Å². The summed E-state index contributed by atoms with van der Waals surface area (Å²) in [6.45, 7) is 7.20. The molecule has 228 valence electrons. The van der Waals surface area contributed by atoms with Gasteiger partial charge in [0, 0.05) is 13.7 Å². The predicted octanol–water partition coefficient (Wildman–Crippen LogP) is 4.04. The predicted molar refractivity (Wildman–Crippen MR) is 165 cm³/mol. The van der Waals surface area contributed by atoms with Crippen molar-refractivity contribution < 1.29 is 28.0 Å².